The molecule has 0 saturated carbocycles. The highest BCUT2D eigenvalue weighted by atomic mass is 28.1. The number of rotatable bonds is 5. The van der Waals surface area contributed by atoms with Gasteiger partial charge in [0.25, 0.3) is 0 Å². The van der Waals surface area contributed by atoms with E-state index in [4.69, 9.17) is 19.6 Å². The van der Waals surface area contributed by atoms with Crippen molar-refractivity contribution < 1.29 is 19.6 Å². The van der Waals surface area contributed by atoms with Crippen LogP contribution in [-0.4, -0.2) is 21.4 Å². The summed E-state index contributed by atoms with van der Waals surface area (Å²) in [6.07, 6.45) is -0.692. The van der Waals surface area contributed by atoms with Crippen LogP contribution in [0.15, 0.2) is 24.3 Å². The number of benzene rings is 1. The van der Waals surface area contributed by atoms with E-state index in [9.17, 15) is 0 Å². The quantitative estimate of drug-likeness (QED) is 0.361. The Hall–Kier alpha value is -0.723. The molecule has 0 aliphatic heterocycles. The standard InChI is InChI=1S/C15H26O4Si/c1-14(2,3)18-16-13(17-19-15(4,5)6)11-9-7-8-10-12(11)20/h7-10,13H,1-6,20H3. The van der Waals surface area contributed by atoms with Gasteiger partial charge in [0.2, 0.25) is 6.29 Å². The smallest absolute Gasteiger partial charge is 0.228 e. The zero-order valence-electron chi connectivity index (χ0n) is 13.5. The average molecular weight is 298 g/mol. The highest BCUT2D eigenvalue weighted by Gasteiger charge is 2.24. The molecule has 20 heavy (non-hydrogen) atoms. The summed E-state index contributed by atoms with van der Waals surface area (Å²) in [7, 11) is 0.895. The molecule has 0 N–H and O–H groups in total. The fourth-order valence-electron chi connectivity index (χ4n) is 1.35. The van der Waals surface area contributed by atoms with Crippen molar-refractivity contribution in [1.29, 1.82) is 0 Å². The van der Waals surface area contributed by atoms with Crippen LogP contribution in [0, 0.1) is 0 Å². The summed E-state index contributed by atoms with van der Waals surface area (Å²) >= 11 is 0. The molecule has 0 aliphatic rings. The third-order valence-electron chi connectivity index (χ3n) is 2.21. The maximum atomic E-state index is 5.44. The van der Waals surface area contributed by atoms with Gasteiger partial charge in [0, 0.05) is 15.8 Å². The van der Waals surface area contributed by atoms with E-state index in [0.29, 0.717) is 0 Å². The molecule has 0 amide bonds. The Labute approximate surface area is 124 Å². The van der Waals surface area contributed by atoms with E-state index in [2.05, 4.69) is 6.07 Å². The number of hydrogen-bond acceptors (Lipinski definition) is 4. The lowest BCUT2D eigenvalue weighted by Crippen LogP contribution is -2.28. The zero-order chi connectivity index (χ0) is 15.4. The molecule has 0 saturated heterocycles. The molecule has 0 aromatic heterocycles. The van der Waals surface area contributed by atoms with Gasteiger partial charge in [0.1, 0.15) is 0 Å². The summed E-state index contributed by atoms with van der Waals surface area (Å²) in [5.41, 5.74) is 0.111. The van der Waals surface area contributed by atoms with Crippen LogP contribution in [-0.2, 0) is 19.6 Å². The van der Waals surface area contributed by atoms with E-state index >= 15 is 0 Å². The third-order valence-corrected chi connectivity index (χ3v) is 3.12. The Morgan fingerprint density at radius 3 is 1.70 bits per heavy atom. The molecule has 0 spiro atoms. The Balaban J connectivity index is 2.82. The van der Waals surface area contributed by atoms with Gasteiger partial charge in [-0.1, -0.05) is 29.5 Å². The SMILES string of the molecule is CC(C)(C)OOC(OOC(C)(C)C)c1ccccc1[SiH3]. The van der Waals surface area contributed by atoms with Crippen molar-refractivity contribution in [3.05, 3.63) is 29.8 Å². The molecule has 0 bridgehead atoms. The first kappa shape index (κ1) is 17.3. The third kappa shape index (κ3) is 6.63. The first-order valence-electron chi connectivity index (χ1n) is 6.83. The second kappa shape index (κ2) is 6.82. The van der Waals surface area contributed by atoms with Crippen molar-refractivity contribution in [1.82, 2.24) is 0 Å². The van der Waals surface area contributed by atoms with E-state index in [-0.39, 0.29) is 0 Å². The minimum absolute atomic E-state index is 0.413. The Morgan fingerprint density at radius 1 is 0.850 bits per heavy atom. The molecule has 0 heterocycles. The van der Waals surface area contributed by atoms with Gasteiger partial charge < -0.3 is 0 Å². The molecule has 1 aromatic rings. The molecule has 0 radical (unpaired) electrons. The van der Waals surface area contributed by atoms with Crippen LogP contribution in [0.2, 0.25) is 0 Å². The summed E-state index contributed by atoms with van der Waals surface area (Å²) in [6.45, 7) is 11.5. The molecule has 0 unspecified atom stereocenters. The van der Waals surface area contributed by atoms with Crippen molar-refractivity contribution in [2.75, 3.05) is 0 Å². The lowest BCUT2D eigenvalue weighted by atomic mass is 10.2. The highest BCUT2D eigenvalue weighted by Crippen LogP contribution is 2.23. The van der Waals surface area contributed by atoms with E-state index in [0.717, 1.165) is 15.8 Å². The molecular weight excluding hydrogens is 272 g/mol. The molecule has 5 heteroatoms. The summed E-state index contributed by atoms with van der Waals surface area (Å²) in [5.74, 6) is 0. The first-order chi connectivity index (χ1) is 9.08. The van der Waals surface area contributed by atoms with Gasteiger partial charge in [-0.25, -0.2) is 9.78 Å². The summed E-state index contributed by atoms with van der Waals surface area (Å²) < 4.78 is 0. The minimum atomic E-state index is -0.692. The number of hydrogen-bond donors (Lipinski definition) is 0. The highest BCUT2D eigenvalue weighted by molar-refractivity contribution is 6.33. The predicted octanol–water partition coefficient (Wildman–Crippen LogP) is 2.17. The normalized spacial score (nSPS) is 13.2. The van der Waals surface area contributed by atoms with Gasteiger partial charge in [0.05, 0.1) is 11.2 Å². The van der Waals surface area contributed by atoms with Crippen molar-refractivity contribution >= 4 is 15.4 Å². The van der Waals surface area contributed by atoms with Crippen LogP contribution in [0.25, 0.3) is 0 Å². The van der Waals surface area contributed by atoms with Crippen LogP contribution in [0.5, 0.6) is 0 Å². The molecule has 114 valence electrons. The van der Waals surface area contributed by atoms with E-state index < -0.39 is 17.5 Å². The van der Waals surface area contributed by atoms with Crippen LogP contribution in [0.4, 0.5) is 0 Å². The monoisotopic (exact) mass is 298 g/mol. The fourth-order valence-corrected chi connectivity index (χ4v) is 1.94. The molecule has 1 rings (SSSR count). The topological polar surface area (TPSA) is 36.9 Å². The Bertz CT molecular complexity index is 403. The van der Waals surface area contributed by atoms with Gasteiger partial charge in [-0.2, -0.15) is 9.78 Å². The Kier molecular flexibility index (Phi) is 5.91. The lowest BCUT2D eigenvalue weighted by molar-refractivity contribution is -0.502. The predicted molar refractivity (Wildman–Crippen MR) is 82.6 cm³/mol. The van der Waals surface area contributed by atoms with Gasteiger partial charge in [0.15, 0.2) is 0 Å². The molecule has 1 aromatic carbocycles. The summed E-state index contributed by atoms with van der Waals surface area (Å²) in [6, 6.07) is 7.96. The van der Waals surface area contributed by atoms with E-state index in [1.54, 1.807) is 0 Å². The Morgan fingerprint density at radius 2 is 1.30 bits per heavy atom. The molecule has 4 nitrogen and oxygen atoms in total. The summed E-state index contributed by atoms with van der Waals surface area (Å²) in [4.78, 5) is 21.6. The van der Waals surface area contributed by atoms with Crippen LogP contribution in [0.1, 0.15) is 53.4 Å². The second-order valence-electron chi connectivity index (χ2n) is 6.77. The maximum absolute atomic E-state index is 5.44. The largest absolute Gasteiger partial charge is 0.249 e. The average Bonchev–Trinajstić information content (AvgIpc) is 2.28. The van der Waals surface area contributed by atoms with Crippen LogP contribution < -0.4 is 5.19 Å². The molecule has 0 atom stereocenters. The van der Waals surface area contributed by atoms with Gasteiger partial charge in [-0.15, -0.1) is 0 Å². The van der Waals surface area contributed by atoms with E-state index in [1.807, 2.05) is 59.7 Å². The second-order valence-corrected chi connectivity index (χ2v) is 7.85. The van der Waals surface area contributed by atoms with Crippen molar-refractivity contribution in [2.24, 2.45) is 0 Å². The molecular formula is C15H26O4Si. The van der Waals surface area contributed by atoms with Crippen molar-refractivity contribution in [2.45, 2.75) is 59.0 Å². The van der Waals surface area contributed by atoms with Crippen molar-refractivity contribution in [3.8, 4) is 0 Å². The lowest BCUT2D eigenvalue weighted by Gasteiger charge is -2.26. The molecule has 0 aliphatic carbocycles. The van der Waals surface area contributed by atoms with Gasteiger partial charge in [-0.3, -0.25) is 0 Å². The van der Waals surface area contributed by atoms with Gasteiger partial charge >= 0.3 is 0 Å². The summed E-state index contributed by atoms with van der Waals surface area (Å²) in [5, 5.41) is 1.19. The maximum Gasteiger partial charge on any atom is 0.249 e. The minimum Gasteiger partial charge on any atom is -0.228 e. The van der Waals surface area contributed by atoms with Crippen molar-refractivity contribution in [3.63, 3.8) is 0 Å². The van der Waals surface area contributed by atoms with Crippen LogP contribution >= 0.6 is 0 Å². The fraction of sp³-hybridized carbons (Fsp3) is 0.600. The van der Waals surface area contributed by atoms with Gasteiger partial charge in [-0.05, 0) is 41.5 Å². The zero-order valence-corrected chi connectivity index (χ0v) is 15.5. The van der Waals surface area contributed by atoms with Crippen LogP contribution in [0.3, 0.4) is 0 Å². The molecule has 0 fully saturated rings. The van der Waals surface area contributed by atoms with E-state index in [1.165, 1.54) is 5.19 Å². The first-order valence-corrected chi connectivity index (χ1v) is 7.83.